The molecule has 1 heterocycles. The number of furan rings is 1. The van der Waals surface area contributed by atoms with Crippen molar-refractivity contribution in [3.05, 3.63) is 86.8 Å². The van der Waals surface area contributed by atoms with Crippen molar-refractivity contribution in [3.63, 3.8) is 0 Å². The van der Waals surface area contributed by atoms with Gasteiger partial charge in [-0.1, -0.05) is 11.6 Å². The molecule has 0 saturated heterocycles. The van der Waals surface area contributed by atoms with Gasteiger partial charge in [-0.05, 0) is 36.4 Å². The number of rotatable bonds is 7. The number of nitrogens with one attached hydrogen (secondary N) is 1. The van der Waals surface area contributed by atoms with Crippen LogP contribution < -0.4 is 14.9 Å². The minimum absolute atomic E-state index is 0.0240. The van der Waals surface area contributed by atoms with Crippen LogP contribution in [0.3, 0.4) is 0 Å². The summed E-state index contributed by atoms with van der Waals surface area (Å²) in [7, 11) is 1.38. The first-order valence-corrected chi connectivity index (χ1v) is 8.98. The molecule has 1 N–H and O–H groups in total. The largest absolute Gasteiger partial charge is 0.496 e. The maximum atomic E-state index is 12.6. The predicted octanol–water partition coefficient (Wildman–Crippen LogP) is 3.83. The number of amides is 1. The minimum Gasteiger partial charge on any atom is -0.496 e. The number of hydrazone groups is 1. The number of carbonyl (C=O) groups excluding carboxylic acids is 2. The van der Waals surface area contributed by atoms with Gasteiger partial charge in [0.1, 0.15) is 17.1 Å². The topological polar surface area (TPSA) is 133 Å². The van der Waals surface area contributed by atoms with Crippen molar-refractivity contribution in [3.8, 4) is 11.5 Å². The molecule has 0 bridgehead atoms. The zero-order valence-electron chi connectivity index (χ0n) is 15.9. The minimum atomic E-state index is -0.803. The van der Waals surface area contributed by atoms with Crippen LogP contribution in [0.1, 0.15) is 26.5 Å². The monoisotopic (exact) mass is 443 g/mol. The Hall–Kier alpha value is -4.18. The van der Waals surface area contributed by atoms with Gasteiger partial charge in [0, 0.05) is 22.7 Å². The molecule has 0 aliphatic rings. The van der Waals surface area contributed by atoms with Gasteiger partial charge in [-0.25, -0.2) is 10.2 Å². The van der Waals surface area contributed by atoms with E-state index in [-0.39, 0.29) is 34.1 Å². The van der Waals surface area contributed by atoms with Gasteiger partial charge in [0.2, 0.25) is 0 Å². The second-order valence-corrected chi connectivity index (χ2v) is 6.33. The second kappa shape index (κ2) is 9.55. The number of hydrogen-bond acceptors (Lipinski definition) is 8. The van der Waals surface area contributed by atoms with Crippen molar-refractivity contribution in [2.45, 2.75) is 0 Å². The van der Waals surface area contributed by atoms with E-state index in [1.165, 1.54) is 43.7 Å². The average Bonchev–Trinajstić information content (AvgIpc) is 3.29. The Balaban J connectivity index is 1.87. The standard InChI is InChI=1S/C20H14ClN3O7/c1-29-17-6-4-13(21)10-15(17)20(26)31-16-7-5-14(24(27)28)9-12(16)11-22-23-19(25)18-3-2-8-30-18/h2-11H,1H3,(H,23,25)/b22-11+. The number of ether oxygens (including phenoxy) is 2. The van der Waals surface area contributed by atoms with E-state index in [2.05, 4.69) is 10.5 Å². The normalized spacial score (nSPS) is 10.6. The van der Waals surface area contributed by atoms with Crippen LogP contribution in [0.15, 0.2) is 64.3 Å². The second-order valence-electron chi connectivity index (χ2n) is 5.89. The Morgan fingerprint density at radius 3 is 2.65 bits per heavy atom. The van der Waals surface area contributed by atoms with Gasteiger partial charge >= 0.3 is 11.9 Å². The van der Waals surface area contributed by atoms with E-state index in [9.17, 15) is 19.7 Å². The Bertz CT molecular complexity index is 1160. The number of nitro benzene ring substituents is 1. The van der Waals surface area contributed by atoms with E-state index in [0.29, 0.717) is 5.02 Å². The van der Waals surface area contributed by atoms with Crippen molar-refractivity contribution in [2.24, 2.45) is 5.10 Å². The van der Waals surface area contributed by atoms with Crippen molar-refractivity contribution in [2.75, 3.05) is 7.11 Å². The lowest BCUT2D eigenvalue weighted by molar-refractivity contribution is -0.384. The van der Waals surface area contributed by atoms with E-state index in [1.807, 2.05) is 0 Å². The molecule has 11 heteroatoms. The fourth-order valence-corrected chi connectivity index (χ4v) is 2.63. The maximum absolute atomic E-state index is 12.6. The molecule has 0 radical (unpaired) electrons. The molecule has 10 nitrogen and oxygen atoms in total. The number of halogens is 1. The molecule has 0 fully saturated rings. The molecule has 3 rings (SSSR count). The fraction of sp³-hybridized carbons (Fsp3) is 0.0500. The van der Waals surface area contributed by atoms with Gasteiger partial charge in [-0.15, -0.1) is 0 Å². The van der Waals surface area contributed by atoms with Crippen molar-refractivity contribution >= 4 is 35.4 Å². The summed E-state index contributed by atoms with van der Waals surface area (Å²) in [5.41, 5.74) is 2.07. The molecule has 2 aromatic carbocycles. The van der Waals surface area contributed by atoms with Crippen LogP contribution in [0.5, 0.6) is 11.5 Å². The molecular weight excluding hydrogens is 430 g/mol. The van der Waals surface area contributed by atoms with Gasteiger partial charge in [0.25, 0.3) is 5.69 Å². The molecule has 3 aromatic rings. The Kier molecular flexibility index (Phi) is 6.63. The number of esters is 1. The van der Waals surface area contributed by atoms with Crippen LogP contribution >= 0.6 is 11.6 Å². The number of nitro groups is 1. The van der Waals surface area contributed by atoms with Crippen LogP contribution in [0.2, 0.25) is 5.02 Å². The summed E-state index contributed by atoms with van der Waals surface area (Å²) >= 11 is 5.94. The third-order valence-corrected chi connectivity index (χ3v) is 4.14. The maximum Gasteiger partial charge on any atom is 0.347 e. The third-order valence-electron chi connectivity index (χ3n) is 3.90. The van der Waals surface area contributed by atoms with E-state index in [4.69, 9.17) is 25.5 Å². The molecule has 1 aromatic heterocycles. The van der Waals surface area contributed by atoms with Gasteiger partial charge in [0.15, 0.2) is 5.76 Å². The summed E-state index contributed by atoms with van der Waals surface area (Å²) in [5.74, 6) is -1.21. The molecule has 1 amide bonds. The first-order valence-electron chi connectivity index (χ1n) is 8.60. The highest BCUT2D eigenvalue weighted by molar-refractivity contribution is 6.31. The molecule has 0 atom stereocenters. The highest BCUT2D eigenvalue weighted by Crippen LogP contribution is 2.27. The van der Waals surface area contributed by atoms with Crippen molar-refractivity contribution in [1.29, 1.82) is 0 Å². The summed E-state index contributed by atoms with van der Waals surface area (Å²) in [6.45, 7) is 0. The Morgan fingerprint density at radius 2 is 1.97 bits per heavy atom. The lowest BCUT2D eigenvalue weighted by atomic mass is 10.1. The first-order chi connectivity index (χ1) is 14.9. The van der Waals surface area contributed by atoms with Gasteiger partial charge in [-0.3, -0.25) is 14.9 Å². The zero-order chi connectivity index (χ0) is 22.4. The number of hydrogen-bond donors (Lipinski definition) is 1. The molecule has 31 heavy (non-hydrogen) atoms. The highest BCUT2D eigenvalue weighted by atomic mass is 35.5. The van der Waals surface area contributed by atoms with Crippen LogP contribution in [0, 0.1) is 10.1 Å². The molecular formula is C20H14ClN3O7. The predicted molar refractivity (Wildman–Crippen MR) is 110 cm³/mol. The number of carbonyl (C=O) groups is 2. The van der Waals surface area contributed by atoms with E-state index in [1.54, 1.807) is 6.07 Å². The van der Waals surface area contributed by atoms with Crippen molar-refractivity contribution < 1.29 is 28.4 Å². The Morgan fingerprint density at radius 1 is 1.19 bits per heavy atom. The quantitative estimate of drug-likeness (QED) is 0.193. The van der Waals surface area contributed by atoms with Gasteiger partial charge < -0.3 is 13.9 Å². The molecule has 0 saturated carbocycles. The van der Waals surface area contributed by atoms with Crippen LogP contribution in [0.4, 0.5) is 5.69 Å². The summed E-state index contributed by atoms with van der Waals surface area (Å²) < 4.78 is 15.4. The summed E-state index contributed by atoms with van der Waals surface area (Å²) in [6.07, 6.45) is 2.42. The highest BCUT2D eigenvalue weighted by Gasteiger charge is 2.19. The lowest BCUT2D eigenvalue weighted by Gasteiger charge is -2.10. The zero-order valence-corrected chi connectivity index (χ0v) is 16.7. The summed E-state index contributed by atoms with van der Waals surface area (Å²) in [5, 5.41) is 15.1. The number of benzene rings is 2. The number of methoxy groups -OCH3 is 1. The van der Waals surface area contributed by atoms with Crippen LogP contribution in [-0.4, -0.2) is 30.1 Å². The Labute approximate surface area is 180 Å². The smallest absolute Gasteiger partial charge is 0.347 e. The molecule has 0 spiro atoms. The van der Waals surface area contributed by atoms with Crippen LogP contribution in [0.25, 0.3) is 0 Å². The fourth-order valence-electron chi connectivity index (χ4n) is 2.46. The molecule has 158 valence electrons. The van der Waals surface area contributed by atoms with E-state index in [0.717, 1.165) is 18.3 Å². The first kappa shape index (κ1) is 21.5. The molecule has 0 aliphatic carbocycles. The third kappa shape index (κ3) is 5.25. The average molecular weight is 444 g/mol. The van der Waals surface area contributed by atoms with Gasteiger partial charge in [0.05, 0.1) is 24.5 Å². The summed E-state index contributed by atoms with van der Waals surface area (Å²) in [6, 6.07) is 10.9. The van der Waals surface area contributed by atoms with E-state index >= 15 is 0 Å². The summed E-state index contributed by atoms with van der Waals surface area (Å²) in [4.78, 5) is 35.0. The van der Waals surface area contributed by atoms with Crippen molar-refractivity contribution in [1.82, 2.24) is 5.43 Å². The molecule has 0 unspecified atom stereocenters. The molecule has 0 aliphatic heterocycles. The number of non-ortho nitro benzene ring substituents is 1. The lowest BCUT2D eigenvalue weighted by Crippen LogP contribution is -2.17. The SMILES string of the molecule is COc1ccc(Cl)cc1C(=O)Oc1ccc([N+](=O)[O-])cc1/C=N/NC(=O)c1ccco1. The van der Waals surface area contributed by atoms with Crippen LogP contribution in [-0.2, 0) is 0 Å². The van der Waals surface area contributed by atoms with E-state index < -0.39 is 16.8 Å². The van der Waals surface area contributed by atoms with Gasteiger partial charge in [-0.2, -0.15) is 5.10 Å². The number of nitrogens with zero attached hydrogens (tertiary/aromatic N) is 2.